The van der Waals surface area contributed by atoms with Gasteiger partial charge < -0.3 is 10.8 Å². The average Bonchev–Trinajstić information content (AvgIpc) is 2.42. The molecule has 0 unspecified atom stereocenters. The molecule has 0 aliphatic carbocycles. The van der Waals surface area contributed by atoms with Crippen LogP contribution in [0, 0.1) is 6.92 Å². The van der Waals surface area contributed by atoms with Crippen molar-refractivity contribution in [1.29, 1.82) is 0 Å². The molecule has 0 amide bonds. The Bertz CT molecular complexity index is 562. The molecule has 3 nitrogen and oxygen atoms in total. The Morgan fingerprint density at radius 2 is 2.20 bits per heavy atom. The van der Waals surface area contributed by atoms with E-state index in [1.54, 1.807) is 12.1 Å². The molecular weight excluding hydrogens is 234 g/mol. The zero-order chi connectivity index (χ0) is 11.2. The van der Waals surface area contributed by atoms with Crippen molar-refractivity contribution in [2.24, 2.45) is 0 Å². The van der Waals surface area contributed by atoms with Crippen LogP contribution in [-0.2, 0) is 0 Å². The molecular formula is C10H8ClNO2S. The van der Waals surface area contributed by atoms with E-state index in [4.69, 9.17) is 22.4 Å². The van der Waals surface area contributed by atoms with Gasteiger partial charge in [-0.1, -0.05) is 11.6 Å². The number of nitrogen functional groups attached to an aromatic ring is 1. The van der Waals surface area contributed by atoms with Crippen LogP contribution in [-0.4, -0.2) is 11.1 Å². The lowest BCUT2D eigenvalue weighted by atomic mass is 10.1. The van der Waals surface area contributed by atoms with Gasteiger partial charge in [-0.2, -0.15) is 0 Å². The van der Waals surface area contributed by atoms with E-state index in [0.29, 0.717) is 10.7 Å². The third-order valence-corrected chi connectivity index (χ3v) is 3.54. The maximum Gasteiger partial charge on any atom is 0.348 e. The lowest BCUT2D eigenvalue weighted by Gasteiger charge is -1.98. The number of anilines is 1. The van der Waals surface area contributed by atoms with Crippen molar-refractivity contribution in [1.82, 2.24) is 0 Å². The number of aromatic carboxylic acids is 1. The molecule has 5 heteroatoms. The topological polar surface area (TPSA) is 63.3 Å². The molecule has 0 fully saturated rings. The second-order valence-corrected chi connectivity index (χ2v) is 4.73. The van der Waals surface area contributed by atoms with E-state index < -0.39 is 5.97 Å². The second-order valence-electron chi connectivity index (χ2n) is 3.25. The molecule has 0 aliphatic rings. The predicted octanol–water partition coefficient (Wildman–Crippen LogP) is 3.14. The minimum Gasteiger partial charge on any atom is -0.477 e. The Hall–Kier alpha value is -1.26. The molecule has 0 radical (unpaired) electrons. The summed E-state index contributed by atoms with van der Waals surface area (Å²) >= 11 is 7.03. The van der Waals surface area contributed by atoms with Gasteiger partial charge in [-0.15, -0.1) is 11.3 Å². The monoisotopic (exact) mass is 241 g/mol. The number of aryl methyl sites for hydroxylation is 1. The van der Waals surface area contributed by atoms with Crippen LogP contribution in [0.15, 0.2) is 12.1 Å². The fourth-order valence-electron chi connectivity index (χ4n) is 1.58. The van der Waals surface area contributed by atoms with Gasteiger partial charge in [0.05, 0.1) is 5.69 Å². The number of benzene rings is 1. The smallest absolute Gasteiger partial charge is 0.348 e. The number of thiophene rings is 1. The van der Waals surface area contributed by atoms with Crippen LogP contribution in [0.1, 0.15) is 15.2 Å². The van der Waals surface area contributed by atoms with Gasteiger partial charge >= 0.3 is 5.97 Å². The van der Waals surface area contributed by atoms with Crippen molar-refractivity contribution in [2.45, 2.75) is 6.92 Å². The first-order valence-electron chi connectivity index (χ1n) is 4.22. The van der Waals surface area contributed by atoms with Crippen LogP contribution >= 0.6 is 22.9 Å². The van der Waals surface area contributed by atoms with Gasteiger partial charge in [-0.25, -0.2) is 4.79 Å². The Balaban J connectivity index is 2.88. The predicted molar refractivity (Wildman–Crippen MR) is 62.9 cm³/mol. The zero-order valence-electron chi connectivity index (χ0n) is 7.87. The number of fused-ring (bicyclic) bond motifs is 1. The number of hydrogen-bond donors (Lipinski definition) is 2. The number of halogens is 1. The normalized spacial score (nSPS) is 10.8. The summed E-state index contributed by atoms with van der Waals surface area (Å²) in [6, 6.07) is 3.51. The lowest BCUT2D eigenvalue weighted by molar-refractivity contribution is 0.0703. The average molecular weight is 242 g/mol. The molecule has 78 valence electrons. The molecule has 0 aliphatic heterocycles. The Kier molecular flexibility index (Phi) is 2.32. The highest BCUT2D eigenvalue weighted by molar-refractivity contribution is 7.21. The summed E-state index contributed by atoms with van der Waals surface area (Å²) in [5.74, 6) is -0.996. The molecule has 1 heterocycles. The SMILES string of the molecule is Cc1cc(Cl)cc2sc(C(=O)O)c(N)c12. The molecule has 3 N–H and O–H groups in total. The molecule has 1 aromatic carbocycles. The summed E-state index contributed by atoms with van der Waals surface area (Å²) in [6.07, 6.45) is 0. The second kappa shape index (κ2) is 3.40. The van der Waals surface area contributed by atoms with Gasteiger partial charge in [0.1, 0.15) is 4.88 Å². The van der Waals surface area contributed by atoms with Crippen LogP contribution < -0.4 is 5.73 Å². The van der Waals surface area contributed by atoms with Crippen LogP contribution in [0.5, 0.6) is 0 Å². The maximum atomic E-state index is 10.9. The van der Waals surface area contributed by atoms with Gasteiger partial charge in [-0.3, -0.25) is 0 Å². The fraction of sp³-hybridized carbons (Fsp3) is 0.100. The number of nitrogens with two attached hydrogens (primary N) is 1. The molecule has 2 aromatic rings. The van der Waals surface area contributed by atoms with E-state index in [-0.39, 0.29) is 4.88 Å². The summed E-state index contributed by atoms with van der Waals surface area (Å²) < 4.78 is 0.815. The Morgan fingerprint density at radius 1 is 1.53 bits per heavy atom. The lowest BCUT2D eigenvalue weighted by Crippen LogP contribution is -1.97. The zero-order valence-corrected chi connectivity index (χ0v) is 9.45. The van der Waals surface area contributed by atoms with Crippen molar-refractivity contribution in [3.8, 4) is 0 Å². The molecule has 0 spiro atoms. The molecule has 0 saturated carbocycles. The Morgan fingerprint density at radius 3 is 2.80 bits per heavy atom. The highest BCUT2D eigenvalue weighted by Crippen LogP contribution is 2.37. The number of carboxylic acids is 1. The number of carboxylic acid groups (broad SMARTS) is 1. The van der Waals surface area contributed by atoms with Crippen molar-refractivity contribution in [3.63, 3.8) is 0 Å². The van der Waals surface area contributed by atoms with Crippen molar-refractivity contribution >= 4 is 44.7 Å². The quantitative estimate of drug-likeness (QED) is 0.806. The van der Waals surface area contributed by atoms with E-state index in [2.05, 4.69) is 0 Å². The van der Waals surface area contributed by atoms with E-state index in [9.17, 15) is 4.79 Å². The molecule has 2 rings (SSSR count). The van der Waals surface area contributed by atoms with Crippen molar-refractivity contribution in [2.75, 3.05) is 5.73 Å². The standard InChI is InChI=1S/C10H8ClNO2S/c1-4-2-5(11)3-6-7(4)8(12)9(15-6)10(13)14/h2-3H,12H2,1H3,(H,13,14). The minimum absolute atomic E-state index is 0.176. The molecule has 15 heavy (non-hydrogen) atoms. The summed E-state index contributed by atoms with van der Waals surface area (Å²) in [4.78, 5) is 11.1. The maximum absolute atomic E-state index is 10.9. The first-order valence-corrected chi connectivity index (χ1v) is 5.41. The van der Waals surface area contributed by atoms with Crippen LogP contribution in [0.2, 0.25) is 5.02 Å². The van der Waals surface area contributed by atoms with Gasteiger partial charge in [0.15, 0.2) is 0 Å². The van der Waals surface area contributed by atoms with Gasteiger partial charge in [0.2, 0.25) is 0 Å². The third kappa shape index (κ3) is 1.56. The van der Waals surface area contributed by atoms with E-state index in [0.717, 1.165) is 27.0 Å². The van der Waals surface area contributed by atoms with E-state index >= 15 is 0 Å². The van der Waals surface area contributed by atoms with Crippen LogP contribution in [0.3, 0.4) is 0 Å². The number of carbonyl (C=O) groups is 1. The first kappa shape index (κ1) is 10.3. The first-order chi connectivity index (χ1) is 7.00. The van der Waals surface area contributed by atoms with Gasteiger partial charge in [0, 0.05) is 15.1 Å². The number of hydrogen-bond acceptors (Lipinski definition) is 3. The fourth-order valence-corrected chi connectivity index (χ4v) is 2.99. The minimum atomic E-state index is -0.996. The summed E-state index contributed by atoms with van der Waals surface area (Å²) in [7, 11) is 0. The van der Waals surface area contributed by atoms with Gasteiger partial charge in [-0.05, 0) is 24.6 Å². The van der Waals surface area contributed by atoms with E-state index in [1.165, 1.54) is 0 Å². The van der Waals surface area contributed by atoms with Crippen LogP contribution in [0.4, 0.5) is 5.69 Å². The largest absolute Gasteiger partial charge is 0.477 e. The molecule has 1 aromatic heterocycles. The van der Waals surface area contributed by atoms with Crippen molar-refractivity contribution < 1.29 is 9.90 Å². The molecule has 0 saturated heterocycles. The highest BCUT2D eigenvalue weighted by Gasteiger charge is 2.16. The summed E-state index contributed by atoms with van der Waals surface area (Å²) in [5, 5.41) is 10.3. The van der Waals surface area contributed by atoms with Crippen molar-refractivity contribution in [3.05, 3.63) is 27.6 Å². The van der Waals surface area contributed by atoms with Crippen LogP contribution in [0.25, 0.3) is 10.1 Å². The summed E-state index contributed by atoms with van der Waals surface area (Å²) in [5.41, 5.74) is 7.01. The summed E-state index contributed by atoms with van der Waals surface area (Å²) in [6.45, 7) is 1.86. The Labute approximate surface area is 95.1 Å². The molecule has 0 atom stereocenters. The third-order valence-electron chi connectivity index (χ3n) is 2.18. The van der Waals surface area contributed by atoms with E-state index in [1.807, 2.05) is 6.92 Å². The number of rotatable bonds is 1. The van der Waals surface area contributed by atoms with Gasteiger partial charge in [0.25, 0.3) is 0 Å². The molecule has 0 bridgehead atoms. The highest BCUT2D eigenvalue weighted by atomic mass is 35.5.